The van der Waals surface area contributed by atoms with E-state index in [0.29, 0.717) is 11.8 Å². The summed E-state index contributed by atoms with van der Waals surface area (Å²) in [7, 11) is 0. The number of fused-ring (bicyclic) bond motifs is 4. The van der Waals surface area contributed by atoms with Crippen LogP contribution in [0.4, 0.5) is 0 Å². The lowest BCUT2D eigenvalue weighted by Gasteiger charge is -2.38. The van der Waals surface area contributed by atoms with Crippen LogP contribution in [-0.2, 0) is 11.8 Å². The molecule has 8 rings (SSSR count). The summed E-state index contributed by atoms with van der Waals surface area (Å²) in [5.41, 5.74) is 15.3. The second-order valence-electron chi connectivity index (χ2n) is 16.3. The molecule has 48 heavy (non-hydrogen) atoms. The van der Waals surface area contributed by atoms with Crippen molar-refractivity contribution in [1.82, 2.24) is 0 Å². The van der Waals surface area contributed by atoms with E-state index in [1.165, 1.54) is 80.6 Å². The third-order valence-corrected chi connectivity index (χ3v) is 12.2. The zero-order valence-corrected chi connectivity index (χ0v) is 30.2. The molecule has 5 aromatic carbocycles. The topological polar surface area (TPSA) is 0 Å². The largest absolute Gasteiger partial charge is 0.0657 e. The Balaban J connectivity index is 1.56. The minimum atomic E-state index is -0.184. The van der Waals surface area contributed by atoms with Crippen LogP contribution in [0.1, 0.15) is 120 Å². The normalized spacial score (nSPS) is 19.6. The molecule has 244 valence electrons. The summed E-state index contributed by atoms with van der Waals surface area (Å²) in [6, 6.07) is 33.3. The van der Waals surface area contributed by atoms with Gasteiger partial charge in [0.25, 0.3) is 0 Å². The highest BCUT2D eigenvalue weighted by molar-refractivity contribution is 6.13. The quantitative estimate of drug-likeness (QED) is 0.157. The van der Waals surface area contributed by atoms with E-state index in [2.05, 4.69) is 146 Å². The molecule has 0 nitrogen and oxygen atoms in total. The molecule has 0 fully saturated rings. The van der Waals surface area contributed by atoms with Gasteiger partial charge >= 0.3 is 0 Å². The Morgan fingerprint density at radius 3 is 2.15 bits per heavy atom. The van der Waals surface area contributed by atoms with Crippen LogP contribution in [0.5, 0.6) is 0 Å². The van der Waals surface area contributed by atoms with Crippen molar-refractivity contribution in [3.8, 4) is 11.1 Å². The number of hydrogen-bond acceptors (Lipinski definition) is 0. The van der Waals surface area contributed by atoms with Gasteiger partial charge in [-0.3, -0.25) is 0 Å². The van der Waals surface area contributed by atoms with Gasteiger partial charge < -0.3 is 0 Å². The molecule has 0 heterocycles. The van der Waals surface area contributed by atoms with Crippen molar-refractivity contribution < 1.29 is 0 Å². The summed E-state index contributed by atoms with van der Waals surface area (Å²) in [5, 5.41) is 5.78. The number of benzene rings is 5. The van der Waals surface area contributed by atoms with Crippen LogP contribution < -0.4 is 0 Å². The van der Waals surface area contributed by atoms with Gasteiger partial charge in [-0.25, -0.2) is 0 Å². The maximum Gasteiger partial charge on any atom is 0.0443 e. The van der Waals surface area contributed by atoms with E-state index >= 15 is 0 Å². The minimum absolute atomic E-state index is 0.184. The van der Waals surface area contributed by atoms with Crippen molar-refractivity contribution in [3.63, 3.8) is 0 Å². The lowest BCUT2D eigenvalue weighted by molar-refractivity contribution is 0.412. The van der Waals surface area contributed by atoms with Crippen LogP contribution in [0.15, 0.2) is 108 Å². The molecule has 2 atom stereocenters. The Bertz CT molecular complexity index is 2110. The molecule has 0 heteroatoms. The monoisotopic (exact) mass is 628 g/mol. The molecular formula is C48H52. The van der Waals surface area contributed by atoms with Crippen molar-refractivity contribution in [2.75, 3.05) is 0 Å². The molecule has 0 saturated carbocycles. The predicted octanol–water partition coefficient (Wildman–Crippen LogP) is 13.5. The highest BCUT2D eigenvalue weighted by Gasteiger charge is 2.49. The molecule has 1 spiro atoms. The van der Waals surface area contributed by atoms with Crippen LogP contribution in [0.2, 0.25) is 0 Å². The van der Waals surface area contributed by atoms with Gasteiger partial charge in [0.2, 0.25) is 0 Å². The summed E-state index contributed by atoms with van der Waals surface area (Å²) in [5.74, 6) is 1.38. The first-order valence-electron chi connectivity index (χ1n) is 18.9. The molecule has 3 aliphatic carbocycles. The second kappa shape index (κ2) is 11.6. The van der Waals surface area contributed by atoms with Crippen molar-refractivity contribution >= 4 is 21.5 Å². The van der Waals surface area contributed by atoms with Gasteiger partial charge in [0.05, 0.1) is 0 Å². The zero-order valence-electron chi connectivity index (χ0n) is 30.2. The molecule has 0 aliphatic heterocycles. The highest BCUT2D eigenvalue weighted by Crippen LogP contribution is 2.64. The highest BCUT2D eigenvalue weighted by atomic mass is 14.5. The van der Waals surface area contributed by atoms with Crippen LogP contribution >= 0.6 is 0 Å². The summed E-state index contributed by atoms with van der Waals surface area (Å²) >= 11 is 0. The first-order chi connectivity index (χ1) is 23.2. The van der Waals surface area contributed by atoms with Gasteiger partial charge in [0.1, 0.15) is 0 Å². The fourth-order valence-electron chi connectivity index (χ4n) is 10.1. The van der Waals surface area contributed by atoms with Crippen molar-refractivity contribution in [3.05, 3.63) is 142 Å². The van der Waals surface area contributed by atoms with Crippen molar-refractivity contribution in [2.45, 2.75) is 98.3 Å². The third kappa shape index (κ3) is 4.62. The van der Waals surface area contributed by atoms with Gasteiger partial charge in [0, 0.05) is 11.3 Å². The Morgan fingerprint density at radius 2 is 1.44 bits per heavy atom. The van der Waals surface area contributed by atoms with E-state index in [1.807, 2.05) is 0 Å². The molecule has 0 radical (unpaired) electrons. The predicted molar refractivity (Wildman–Crippen MR) is 207 cm³/mol. The lowest BCUT2D eigenvalue weighted by atomic mass is 9.64. The van der Waals surface area contributed by atoms with E-state index in [4.69, 9.17) is 0 Å². The van der Waals surface area contributed by atoms with Crippen LogP contribution in [0.3, 0.4) is 0 Å². The summed E-state index contributed by atoms with van der Waals surface area (Å²) in [6.45, 7) is 16.7. The molecule has 0 bridgehead atoms. The fraction of sp³-hybridized carbons (Fsp3) is 0.375. The van der Waals surface area contributed by atoms with Gasteiger partial charge in [-0.2, -0.15) is 0 Å². The molecular weight excluding hydrogens is 577 g/mol. The van der Waals surface area contributed by atoms with E-state index in [9.17, 15) is 0 Å². The zero-order chi connectivity index (χ0) is 33.4. The number of hydrogen-bond donors (Lipinski definition) is 0. The Kier molecular flexibility index (Phi) is 7.59. The first kappa shape index (κ1) is 31.4. The molecule has 0 aromatic heterocycles. The third-order valence-electron chi connectivity index (χ3n) is 12.2. The van der Waals surface area contributed by atoms with Gasteiger partial charge in [0.15, 0.2) is 0 Å². The van der Waals surface area contributed by atoms with Gasteiger partial charge in [-0.05, 0) is 133 Å². The number of allylic oxidation sites excluding steroid dienone is 4. The summed E-state index contributed by atoms with van der Waals surface area (Å²) < 4.78 is 0. The second-order valence-corrected chi connectivity index (χ2v) is 16.3. The maximum atomic E-state index is 2.79. The smallest absolute Gasteiger partial charge is 0.0443 e. The van der Waals surface area contributed by atoms with Crippen LogP contribution in [-0.4, -0.2) is 0 Å². The molecule has 5 aromatic rings. The number of rotatable bonds is 8. The Hall–Kier alpha value is -3.90. The standard InChI is InChI=1S/C48H52/c1-8-30(9-2)35-25-36(31(10-3)11-4)29-48(28-35)41-24-23-33-19-15-22-38-42(32-17-13-12-14-18-32)40-26-39-34(27-47(5,6)7)20-16-21-37(39)46(48)44(40)45(41)43(33)38/h12-26,28,30-31,42H,8-11,27,29H2,1-7H3. The fourth-order valence-corrected chi connectivity index (χ4v) is 10.1. The molecule has 0 saturated heterocycles. The van der Waals surface area contributed by atoms with Gasteiger partial charge in [-0.1, -0.05) is 145 Å². The lowest BCUT2D eigenvalue weighted by Crippen LogP contribution is -2.29. The molecule has 0 amide bonds. The van der Waals surface area contributed by atoms with E-state index in [-0.39, 0.29) is 16.7 Å². The first-order valence-corrected chi connectivity index (χ1v) is 18.9. The average Bonchev–Trinajstić information content (AvgIpc) is 3.36. The van der Waals surface area contributed by atoms with Crippen LogP contribution in [0, 0.1) is 17.3 Å². The SMILES string of the molecule is CCC(CC)C1=CC2(CC(C(CC)CC)=C1)c1ccc3cccc4c3c1-c1c(cc3c(CC(C)(C)C)cccc3c12)C4c1ccccc1. The summed E-state index contributed by atoms with van der Waals surface area (Å²) in [4.78, 5) is 0. The van der Waals surface area contributed by atoms with E-state index in [1.54, 1.807) is 22.3 Å². The Labute approximate surface area is 289 Å². The van der Waals surface area contributed by atoms with Crippen molar-refractivity contribution in [2.24, 2.45) is 17.3 Å². The van der Waals surface area contributed by atoms with E-state index in [0.717, 1.165) is 12.8 Å². The average molecular weight is 629 g/mol. The van der Waals surface area contributed by atoms with E-state index < -0.39 is 0 Å². The molecule has 0 N–H and O–H groups in total. The maximum absolute atomic E-state index is 2.79. The van der Waals surface area contributed by atoms with Crippen molar-refractivity contribution in [1.29, 1.82) is 0 Å². The molecule has 2 unspecified atom stereocenters. The Morgan fingerprint density at radius 1 is 0.708 bits per heavy atom. The van der Waals surface area contributed by atoms with Crippen LogP contribution in [0.25, 0.3) is 32.7 Å². The minimum Gasteiger partial charge on any atom is -0.0657 e. The molecule has 3 aliphatic rings. The summed E-state index contributed by atoms with van der Waals surface area (Å²) in [6.07, 6.45) is 12.3. The van der Waals surface area contributed by atoms with Gasteiger partial charge in [-0.15, -0.1) is 0 Å².